The molecule has 0 fully saturated rings. The molecule has 0 aliphatic rings. The zero-order chi connectivity index (χ0) is 24.2. The Balaban J connectivity index is 2.22. The van der Waals surface area contributed by atoms with Crippen molar-refractivity contribution in [3.8, 4) is 11.5 Å². The molecule has 0 amide bonds. The average molecular weight is 507 g/mol. The predicted octanol–water partition coefficient (Wildman–Crippen LogP) is 6.69. The van der Waals surface area contributed by atoms with Crippen LogP contribution in [0.4, 0.5) is 30.7 Å². The molecule has 0 radical (unpaired) electrons. The number of hydrogen-bond donors (Lipinski definition) is 1. The third-order valence-corrected chi connectivity index (χ3v) is 4.48. The first-order valence-electron chi connectivity index (χ1n) is 8.75. The van der Waals surface area contributed by atoms with Crippen molar-refractivity contribution in [2.75, 3.05) is 6.61 Å². The van der Waals surface area contributed by atoms with E-state index >= 15 is 0 Å². The zero-order valence-electron chi connectivity index (χ0n) is 16.1. The van der Waals surface area contributed by atoms with Gasteiger partial charge in [0.25, 0.3) is 0 Å². The van der Waals surface area contributed by atoms with E-state index in [9.17, 15) is 30.7 Å². The Kier molecular flexibility index (Phi) is 8.11. The summed E-state index contributed by atoms with van der Waals surface area (Å²) in [5.74, 6) is -6.21. The van der Waals surface area contributed by atoms with E-state index in [2.05, 4.69) is 5.10 Å². The van der Waals surface area contributed by atoms with Crippen LogP contribution in [-0.2, 0) is 6.61 Å². The van der Waals surface area contributed by atoms with Crippen molar-refractivity contribution in [2.45, 2.75) is 31.7 Å². The van der Waals surface area contributed by atoms with Gasteiger partial charge in [0, 0.05) is 10.6 Å². The SMILES string of the molecule is CCOc1cc(/C=N/NC(F)(F)C(F)(F)C(F)(F)F)cc(Cl)c1OCc1ccccc1Cl. The standard InChI is InChI=1S/C19H15Cl2F7N2O2/c1-2-31-15-8-11(9-29-30-19(27,28)17(22,23)18(24,25)26)7-14(21)16(15)32-10-12-5-3-4-6-13(12)20/h3-9,30H,2,10H2,1H3/b29-9+. The minimum atomic E-state index is -6.48. The number of hydrazone groups is 1. The summed E-state index contributed by atoms with van der Waals surface area (Å²) in [5, 5.41) is 3.17. The van der Waals surface area contributed by atoms with Gasteiger partial charge in [0.15, 0.2) is 11.5 Å². The Morgan fingerprint density at radius 1 is 0.969 bits per heavy atom. The van der Waals surface area contributed by atoms with Crippen LogP contribution in [0.25, 0.3) is 0 Å². The Bertz CT molecular complexity index is 969. The highest BCUT2D eigenvalue weighted by Crippen LogP contribution is 2.45. The van der Waals surface area contributed by atoms with Gasteiger partial charge in [-0.05, 0) is 30.7 Å². The number of ether oxygens (including phenoxy) is 2. The van der Waals surface area contributed by atoms with E-state index in [-0.39, 0.29) is 35.3 Å². The Hall–Kier alpha value is -2.40. The molecule has 2 aromatic rings. The van der Waals surface area contributed by atoms with E-state index in [0.717, 1.165) is 6.07 Å². The second kappa shape index (κ2) is 10.0. The lowest BCUT2D eigenvalue weighted by atomic mass is 10.2. The Morgan fingerprint density at radius 2 is 1.62 bits per heavy atom. The second-order valence-electron chi connectivity index (χ2n) is 6.16. The van der Waals surface area contributed by atoms with Crippen molar-refractivity contribution in [3.05, 3.63) is 57.6 Å². The zero-order valence-corrected chi connectivity index (χ0v) is 17.6. The molecule has 176 valence electrons. The van der Waals surface area contributed by atoms with E-state index in [1.165, 1.54) is 6.07 Å². The molecular weight excluding hydrogens is 492 g/mol. The molecule has 0 saturated carbocycles. The van der Waals surface area contributed by atoms with Crippen LogP contribution in [0.3, 0.4) is 0 Å². The maximum Gasteiger partial charge on any atom is 0.462 e. The number of alkyl halides is 7. The molecule has 4 nitrogen and oxygen atoms in total. The number of nitrogens with one attached hydrogen (secondary N) is 1. The second-order valence-corrected chi connectivity index (χ2v) is 6.97. The monoisotopic (exact) mass is 506 g/mol. The maximum absolute atomic E-state index is 13.3. The van der Waals surface area contributed by atoms with Gasteiger partial charge < -0.3 is 9.47 Å². The quantitative estimate of drug-likeness (QED) is 0.178. The lowest BCUT2D eigenvalue weighted by Gasteiger charge is -2.27. The van der Waals surface area contributed by atoms with Crippen LogP contribution in [-0.4, -0.2) is 31.0 Å². The molecule has 0 unspecified atom stereocenters. The number of halogens is 9. The molecule has 32 heavy (non-hydrogen) atoms. The third-order valence-electron chi connectivity index (χ3n) is 3.83. The van der Waals surface area contributed by atoms with Crippen LogP contribution >= 0.6 is 23.2 Å². The topological polar surface area (TPSA) is 42.8 Å². The maximum atomic E-state index is 13.3. The van der Waals surface area contributed by atoms with E-state index in [1.54, 1.807) is 31.2 Å². The van der Waals surface area contributed by atoms with Crippen molar-refractivity contribution >= 4 is 29.4 Å². The van der Waals surface area contributed by atoms with Crippen molar-refractivity contribution in [2.24, 2.45) is 5.10 Å². The highest BCUT2D eigenvalue weighted by molar-refractivity contribution is 6.32. The van der Waals surface area contributed by atoms with Crippen molar-refractivity contribution in [1.82, 2.24) is 5.43 Å². The fourth-order valence-corrected chi connectivity index (χ4v) is 2.73. The van der Waals surface area contributed by atoms with Crippen molar-refractivity contribution < 1.29 is 40.2 Å². The van der Waals surface area contributed by atoms with Crippen LogP contribution in [0, 0.1) is 0 Å². The molecule has 0 saturated heterocycles. The highest BCUT2D eigenvalue weighted by atomic mass is 35.5. The van der Waals surface area contributed by atoms with Gasteiger partial charge >= 0.3 is 18.1 Å². The number of hydrogen-bond acceptors (Lipinski definition) is 4. The van der Waals surface area contributed by atoms with Gasteiger partial charge in [0.05, 0.1) is 17.8 Å². The van der Waals surface area contributed by atoms with E-state index in [0.29, 0.717) is 22.2 Å². The molecule has 0 bridgehead atoms. The summed E-state index contributed by atoms with van der Waals surface area (Å²) in [6, 6.07) is 3.52. The van der Waals surface area contributed by atoms with Crippen LogP contribution in [0.2, 0.25) is 10.0 Å². The normalized spacial score (nSPS) is 12.8. The minimum Gasteiger partial charge on any atom is -0.490 e. The molecule has 0 heterocycles. The van der Waals surface area contributed by atoms with Crippen molar-refractivity contribution in [1.29, 1.82) is 0 Å². The molecule has 0 aliphatic heterocycles. The number of nitrogens with zero attached hydrogens (tertiary/aromatic N) is 1. The van der Waals surface area contributed by atoms with E-state index in [1.807, 2.05) is 0 Å². The first-order chi connectivity index (χ1) is 14.8. The average Bonchev–Trinajstić information content (AvgIpc) is 2.67. The van der Waals surface area contributed by atoms with Crippen LogP contribution in [0.5, 0.6) is 11.5 Å². The number of benzene rings is 2. The molecule has 2 aromatic carbocycles. The first kappa shape index (κ1) is 25.9. The van der Waals surface area contributed by atoms with Crippen LogP contribution in [0.1, 0.15) is 18.1 Å². The minimum absolute atomic E-state index is 0.00715. The molecular formula is C19H15Cl2F7N2O2. The molecule has 0 spiro atoms. The summed E-state index contributed by atoms with van der Waals surface area (Å²) in [5.41, 5.74) is 1.12. The third kappa shape index (κ3) is 5.89. The molecule has 0 atom stereocenters. The summed E-state index contributed by atoms with van der Waals surface area (Å²) >= 11 is 12.2. The predicted molar refractivity (Wildman–Crippen MR) is 105 cm³/mol. The van der Waals surface area contributed by atoms with Gasteiger partial charge in [-0.15, -0.1) is 0 Å². The summed E-state index contributed by atoms with van der Waals surface area (Å²) in [6.07, 6.45) is -5.91. The van der Waals surface area contributed by atoms with Crippen molar-refractivity contribution in [3.63, 3.8) is 0 Å². The van der Waals surface area contributed by atoms with E-state index < -0.39 is 18.1 Å². The summed E-state index contributed by atoms with van der Waals surface area (Å²) in [4.78, 5) is 0. The van der Waals surface area contributed by atoms with Gasteiger partial charge in [0.2, 0.25) is 0 Å². The van der Waals surface area contributed by atoms with Gasteiger partial charge in [0.1, 0.15) is 6.61 Å². The first-order valence-corrected chi connectivity index (χ1v) is 9.51. The summed E-state index contributed by atoms with van der Waals surface area (Å²) < 4.78 is 99.8. The lowest BCUT2D eigenvalue weighted by molar-refractivity contribution is -0.361. The van der Waals surface area contributed by atoms with Gasteiger partial charge in [-0.3, -0.25) is 0 Å². The van der Waals surface area contributed by atoms with Gasteiger partial charge in [-0.25, -0.2) is 5.43 Å². The molecule has 2 rings (SSSR count). The van der Waals surface area contributed by atoms with Crippen LogP contribution < -0.4 is 14.9 Å². The summed E-state index contributed by atoms with van der Waals surface area (Å²) in [7, 11) is 0. The smallest absolute Gasteiger partial charge is 0.462 e. The number of rotatable bonds is 9. The fourth-order valence-electron chi connectivity index (χ4n) is 2.27. The fraction of sp³-hybridized carbons (Fsp3) is 0.316. The van der Waals surface area contributed by atoms with Crippen LogP contribution in [0.15, 0.2) is 41.5 Å². The Morgan fingerprint density at radius 3 is 2.22 bits per heavy atom. The molecule has 13 heteroatoms. The largest absolute Gasteiger partial charge is 0.490 e. The Labute approximate surface area is 187 Å². The summed E-state index contributed by atoms with van der Waals surface area (Å²) in [6.45, 7) is 1.79. The highest BCUT2D eigenvalue weighted by Gasteiger charge is 2.73. The molecule has 1 N–H and O–H groups in total. The van der Waals surface area contributed by atoms with Gasteiger partial charge in [-0.1, -0.05) is 41.4 Å². The molecule has 0 aromatic heterocycles. The lowest BCUT2D eigenvalue weighted by Crippen LogP contribution is -2.58. The molecule has 0 aliphatic carbocycles. The van der Waals surface area contributed by atoms with Gasteiger partial charge in [-0.2, -0.15) is 35.8 Å². The van der Waals surface area contributed by atoms with E-state index in [4.69, 9.17) is 32.7 Å².